The number of nitro groups is 1. The molecule has 0 aliphatic heterocycles. The normalized spacial score (nSPS) is 11.8. The summed E-state index contributed by atoms with van der Waals surface area (Å²) in [5, 5.41) is 17.2. The lowest BCUT2D eigenvalue weighted by atomic mass is 10.1. The van der Waals surface area contributed by atoms with Crippen LogP contribution in [-0.4, -0.2) is 30.0 Å². The molecule has 2 heterocycles. The van der Waals surface area contributed by atoms with Gasteiger partial charge in [-0.05, 0) is 48.5 Å². The molecule has 9 nitrogen and oxygen atoms in total. The van der Waals surface area contributed by atoms with E-state index < -0.39 is 10.8 Å². The Morgan fingerprint density at radius 3 is 2.58 bits per heavy atom. The molecule has 0 bridgehead atoms. The first-order chi connectivity index (χ1) is 16.0. The van der Waals surface area contributed by atoms with Crippen molar-refractivity contribution in [2.75, 3.05) is 14.2 Å². The summed E-state index contributed by atoms with van der Waals surface area (Å²) < 4.78 is 30.9. The molecule has 2 aromatic heterocycles. The maximum absolute atomic E-state index is 13.3. The maximum atomic E-state index is 13.3. The second-order valence-electron chi connectivity index (χ2n) is 6.55. The van der Waals surface area contributed by atoms with E-state index in [1.807, 2.05) is 5.38 Å². The van der Waals surface area contributed by atoms with E-state index in [0.717, 1.165) is 0 Å². The number of rotatable bonds is 7. The Bertz CT molecular complexity index is 1390. The molecule has 2 aromatic carbocycles. The van der Waals surface area contributed by atoms with Crippen molar-refractivity contribution in [1.29, 1.82) is 0 Å². The second kappa shape index (κ2) is 9.49. The summed E-state index contributed by atoms with van der Waals surface area (Å²) in [6.07, 6.45) is 1.35. The van der Waals surface area contributed by atoms with E-state index in [-0.39, 0.29) is 11.6 Å². The van der Waals surface area contributed by atoms with Crippen molar-refractivity contribution in [2.45, 2.75) is 0 Å². The van der Waals surface area contributed by atoms with E-state index in [1.54, 1.807) is 49.2 Å². The number of halogens is 1. The van der Waals surface area contributed by atoms with Crippen LogP contribution in [0.1, 0.15) is 5.76 Å². The van der Waals surface area contributed by atoms with E-state index in [0.29, 0.717) is 33.2 Å². The molecule has 0 saturated heterocycles. The lowest BCUT2D eigenvalue weighted by Gasteiger charge is -2.11. The second-order valence-corrected chi connectivity index (χ2v) is 7.38. The Labute approximate surface area is 190 Å². The van der Waals surface area contributed by atoms with Gasteiger partial charge in [0.1, 0.15) is 22.2 Å². The molecular formula is C22H17FN4O5S. The molecule has 0 amide bonds. The highest BCUT2D eigenvalue weighted by molar-refractivity contribution is 7.07. The molecule has 11 heteroatoms. The van der Waals surface area contributed by atoms with Gasteiger partial charge in [-0.2, -0.15) is 5.10 Å². The van der Waals surface area contributed by atoms with Crippen LogP contribution in [-0.2, 0) is 0 Å². The number of hydrogen-bond acceptors (Lipinski definition) is 8. The van der Waals surface area contributed by atoms with Gasteiger partial charge in [0, 0.05) is 10.9 Å². The smallest absolute Gasteiger partial charge is 0.433 e. The fourth-order valence-electron chi connectivity index (χ4n) is 2.94. The Morgan fingerprint density at radius 1 is 1.12 bits per heavy atom. The van der Waals surface area contributed by atoms with E-state index in [9.17, 15) is 14.5 Å². The van der Waals surface area contributed by atoms with Crippen molar-refractivity contribution >= 4 is 29.1 Å². The molecular weight excluding hydrogens is 451 g/mol. The summed E-state index contributed by atoms with van der Waals surface area (Å²) >= 11 is 1.30. The highest BCUT2D eigenvalue weighted by Crippen LogP contribution is 2.34. The molecule has 4 aromatic rings. The van der Waals surface area contributed by atoms with Crippen LogP contribution in [0.25, 0.3) is 11.3 Å². The Morgan fingerprint density at radius 2 is 1.91 bits per heavy atom. The number of methoxy groups -OCH3 is 2. The highest BCUT2D eigenvalue weighted by atomic mass is 32.1. The molecule has 0 aliphatic rings. The Balaban J connectivity index is 1.87. The zero-order valence-corrected chi connectivity index (χ0v) is 18.3. The Kier molecular flexibility index (Phi) is 6.31. The summed E-state index contributed by atoms with van der Waals surface area (Å²) in [4.78, 5) is 15.3. The van der Waals surface area contributed by atoms with Gasteiger partial charge in [0.05, 0.1) is 37.9 Å². The molecule has 0 radical (unpaired) electrons. The van der Waals surface area contributed by atoms with Gasteiger partial charge in [-0.25, -0.2) is 14.1 Å². The van der Waals surface area contributed by atoms with Crippen LogP contribution in [0.5, 0.6) is 11.5 Å². The van der Waals surface area contributed by atoms with E-state index >= 15 is 0 Å². The largest absolute Gasteiger partial charge is 0.497 e. The summed E-state index contributed by atoms with van der Waals surface area (Å²) in [5.74, 6) is 0.632. The summed E-state index contributed by atoms with van der Waals surface area (Å²) in [6, 6.07) is 13.7. The molecule has 0 unspecified atom stereocenters. The molecule has 0 spiro atoms. The number of thiazole rings is 1. The summed E-state index contributed by atoms with van der Waals surface area (Å²) in [6.45, 7) is 0. The van der Waals surface area contributed by atoms with Gasteiger partial charge in [-0.15, -0.1) is 11.3 Å². The molecule has 0 saturated carbocycles. The minimum Gasteiger partial charge on any atom is -0.497 e. The number of benzene rings is 2. The fraction of sp³-hybridized carbons (Fsp3) is 0.0909. The monoisotopic (exact) mass is 468 g/mol. The van der Waals surface area contributed by atoms with Crippen molar-refractivity contribution in [1.82, 2.24) is 4.68 Å². The van der Waals surface area contributed by atoms with Crippen LogP contribution < -0.4 is 14.3 Å². The molecule has 0 aliphatic carbocycles. The third kappa shape index (κ3) is 4.83. The molecule has 0 fully saturated rings. The number of furan rings is 1. The van der Waals surface area contributed by atoms with Crippen LogP contribution in [0.4, 0.5) is 16.0 Å². The topological polar surface area (TPSA) is 104 Å². The van der Waals surface area contributed by atoms with Crippen molar-refractivity contribution in [3.63, 3.8) is 0 Å². The number of hydrogen-bond donors (Lipinski definition) is 0. The first kappa shape index (κ1) is 22.0. The maximum Gasteiger partial charge on any atom is 0.433 e. The predicted octanol–water partition coefficient (Wildman–Crippen LogP) is 4.99. The van der Waals surface area contributed by atoms with Gasteiger partial charge in [0.25, 0.3) is 0 Å². The zero-order chi connectivity index (χ0) is 23.4. The predicted molar refractivity (Wildman–Crippen MR) is 121 cm³/mol. The SMILES string of the molecule is COc1ccc(OC)c(-c2csc(=Nc3ccc(F)cc3)n2N=Cc2ccc([N+](=O)[O-])o2)c1. The van der Waals surface area contributed by atoms with Crippen molar-refractivity contribution in [3.05, 3.63) is 86.5 Å². The van der Waals surface area contributed by atoms with E-state index in [2.05, 4.69) is 10.1 Å². The Hall–Kier alpha value is -4.25. The van der Waals surface area contributed by atoms with Crippen molar-refractivity contribution < 1.29 is 23.2 Å². The molecule has 0 atom stereocenters. The van der Waals surface area contributed by atoms with Gasteiger partial charge in [-0.1, -0.05) is 0 Å². The van der Waals surface area contributed by atoms with Crippen LogP contribution in [0, 0.1) is 15.9 Å². The molecule has 0 N–H and O–H groups in total. The third-order valence-corrected chi connectivity index (χ3v) is 5.33. The molecule has 33 heavy (non-hydrogen) atoms. The molecule has 4 rings (SSSR count). The van der Waals surface area contributed by atoms with Crippen molar-refractivity contribution in [2.24, 2.45) is 10.1 Å². The minimum absolute atomic E-state index is 0.191. The van der Waals surface area contributed by atoms with Crippen LogP contribution >= 0.6 is 11.3 Å². The number of aromatic nitrogens is 1. The lowest BCUT2D eigenvalue weighted by Crippen LogP contribution is -2.11. The first-order valence-corrected chi connectivity index (χ1v) is 10.4. The standard InChI is InChI=1S/C22H17FN4O5S/c1-30-16-7-9-20(31-2)18(11-16)19-13-33-22(25-15-5-3-14(23)4-6-15)26(19)24-12-17-8-10-21(32-17)27(28)29/h3-13H,1-2H3. The summed E-state index contributed by atoms with van der Waals surface area (Å²) in [7, 11) is 3.11. The minimum atomic E-state index is -0.628. The zero-order valence-electron chi connectivity index (χ0n) is 17.5. The van der Waals surface area contributed by atoms with Gasteiger partial charge in [-0.3, -0.25) is 10.1 Å². The van der Waals surface area contributed by atoms with Gasteiger partial charge < -0.3 is 13.9 Å². The van der Waals surface area contributed by atoms with Gasteiger partial charge in [0.2, 0.25) is 4.80 Å². The van der Waals surface area contributed by atoms with E-state index in [4.69, 9.17) is 13.9 Å². The van der Waals surface area contributed by atoms with Crippen LogP contribution in [0.3, 0.4) is 0 Å². The van der Waals surface area contributed by atoms with Crippen LogP contribution in [0.15, 0.2) is 74.5 Å². The number of ether oxygens (including phenoxy) is 2. The average molecular weight is 468 g/mol. The van der Waals surface area contributed by atoms with Gasteiger partial charge in [0.15, 0.2) is 5.76 Å². The fourth-order valence-corrected chi connectivity index (χ4v) is 3.79. The van der Waals surface area contributed by atoms with E-state index in [1.165, 1.54) is 41.8 Å². The lowest BCUT2D eigenvalue weighted by molar-refractivity contribution is -0.402. The average Bonchev–Trinajstić information content (AvgIpc) is 3.46. The van der Waals surface area contributed by atoms with Crippen molar-refractivity contribution in [3.8, 4) is 22.8 Å². The van der Waals surface area contributed by atoms with Crippen LogP contribution in [0.2, 0.25) is 0 Å². The quantitative estimate of drug-likeness (QED) is 0.216. The first-order valence-electron chi connectivity index (χ1n) is 9.50. The molecule has 168 valence electrons. The number of nitrogens with zero attached hydrogens (tertiary/aromatic N) is 4. The third-order valence-electron chi connectivity index (χ3n) is 4.51. The summed E-state index contributed by atoms with van der Waals surface area (Å²) in [5.41, 5.74) is 1.85. The van der Waals surface area contributed by atoms with Gasteiger partial charge >= 0.3 is 5.88 Å². The highest BCUT2D eigenvalue weighted by Gasteiger charge is 2.15.